The van der Waals surface area contributed by atoms with Crippen molar-refractivity contribution in [1.82, 2.24) is 24.7 Å². The highest BCUT2D eigenvalue weighted by molar-refractivity contribution is 5.87. The van der Waals surface area contributed by atoms with Gasteiger partial charge in [-0.3, -0.25) is 23.9 Å². The van der Waals surface area contributed by atoms with Crippen LogP contribution in [0.3, 0.4) is 0 Å². The van der Waals surface area contributed by atoms with E-state index >= 15 is 0 Å². The number of ether oxygens (including phenoxy) is 2. The second kappa shape index (κ2) is 11.2. The molecule has 0 saturated carbocycles. The van der Waals surface area contributed by atoms with Crippen LogP contribution >= 0.6 is 0 Å². The number of carbonyl (C=O) groups is 2. The topological polar surface area (TPSA) is 106 Å². The summed E-state index contributed by atoms with van der Waals surface area (Å²) in [6.45, 7) is 5.01. The van der Waals surface area contributed by atoms with Gasteiger partial charge in [0, 0.05) is 38.8 Å². The fourth-order valence-corrected chi connectivity index (χ4v) is 4.34. The number of fused-ring (bicyclic) bond motifs is 1. The van der Waals surface area contributed by atoms with Crippen LogP contribution in [0.25, 0.3) is 10.9 Å². The number of hydrogen-bond donors (Lipinski definition) is 1. The first-order chi connectivity index (χ1) is 17.4. The van der Waals surface area contributed by atoms with Gasteiger partial charge < -0.3 is 19.7 Å². The quantitative estimate of drug-likeness (QED) is 0.504. The molecule has 1 aliphatic rings. The highest BCUT2D eigenvalue weighted by Crippen LogP contribution is 2.29. The van der Waals surface area contributed by atoms with Gasteiger partial charge >= 0.3 is 0 Å². The van der Waals surface area contributed by atoms with Gasteiger partial charge in [-0.25, -0.2) is 4.98 Å². The highest BCUT2D eigenvalue weighted by atomic mass is 16.5. The molecule has 3 aromatic rings. The number of rotatable bonds is 8. The molecular weight excluding hydrogens is 462 g/mol. The van der Waals surface area contributed by atoms with Crippen molar-refractivity contribution in [3.8, 4) is 11.5 Å². The molecule has 0 bridgehead atoms. The van der Waals surface area contributed by atoms with E-state index in [4.69, 9.17) is 9.47 Å². The number of hydrogen-bond acceptors (Lipinski definition) is 7. The van der Waals surface area contributed by atoms with Crippen molar-refractivity contribution in [2.45, 2.75) is 26.1 Å². The average molecular weight is 494 g/mol. The largest absolute Gasteiger partial charge is 0.493 e. The number of nitrogens with zero attached hydrogens (tertiary/aromatic N) is 4. The lowest BCUT2D eigenvalue weighted by atomic mass is 10.2. The van der Waals surface area contributed by atoms with Crippen LogP contribution < -0.4 is 20.3 Å². The van der Waals surface area contributed by atoms with Crippen LogP contribution in [0.2, 0.25) is 0 Å². The van der Waals surface area contributed by atoms with Crippen molar-refractivity contribution in [2.24, 2.45) is 0 Å². The van der Waals surface area contributed by atoms with E-state index in [1.54, 1.807) is 24.0 Å². The average Bonchev–Trinajstić information content (AvgIpc) is 2.90. The van der Waals surface area contributed by atoms with Crippen LogP contribution in [-0.2, 0) is 22.7 Å². The van der Waals surface area contributed by atoms with Crippen molar-refractivity contribution in [2.75, 3.05) is 40.4 Å². The summed E-state index contributed by atoms with van der Waals surface area (Å²) in [6.07, 6.45) is 1.31. The second-order valence-electron chi connectivity index (χ2n) is 8.78. The van der Waals surface area contributed by atoms with E-state index in [2.05, 4.69) is 27.3 Å². The van der Waals surface area contributed by atoms with Crippen molar-refractivity contribution in [1.29, 1.82) is 0 Å². The molecule has 190 valence electrons. The zero-order valence-electron chi connectivity index (χ0n) is 20.8. The Morgan fingerprint density at radius 3 is 2.36 bits per heavy atom. The minimum Gasteiger partial charge on any atom is -0.493 e. The Balaban J connectivity index is 1.33. The van der Waals surface area contributed by atoms with Crippen molar-refractivity contribution < 1.29 is 19.1 Å². The summed E-state index contributed by atoms with van der Waals surface area (Å²) in [4.78, 5) is 46.8. The Morgan fingerprint density at radius 2 is 1.69 bits per heavy atom. The molecule has 1 unspecified atom stereocenters. The van der Waals surface area contributed by atoms with Crippen LogP contribution in [0.1, 0.15) is 12.5 Å². The normalized spacial score (nSPS) is 14.9. The van der Waals surface area contributed by atoms with Crippen LogP contribution in [0, 0.1) is 0 Å². The molecule has 1 atom stereocenters. The van der Waals surface area contributed by atoms with Gasteiger partial charge in [-0.1, -0.05) is 30.3 Å². The van der Waals surface area contributed by atoms with E-state index in [9.17, 15) is 14.4 Å². The predicted octanol–water partition coefficient (Wildman–Crippen LogP) is 1.26. The predicted molar refractivity (Wildman–Crippen MR) is 135 cm³/mol. The zero-order valence-corrected chi connectivity index (χ0v) is 20.8. The summed E-state index contributed by atoms with van der Waals surface area (Å²) in [6, 6.07) is 12.7. The van der Waals surface area contributed by atoms with Gasteiger partial charge in [-0.05, 0) is 18.6 Å². The molecule has 1 N–H and O–H groups in total. The molecule has 2 heterocycles. The summed E-state index contributed by atoms with van der Waals surface area (Å²) in [5, 5.41) is 3.02. The number of aromatic nitrogens is 2. The number of methoxy groups -OCH3 is 2. The third-order valence-corrected chi connectivity index (χ3v) is 6.32. The summed E-state index contributed by atoms with van der Waals surface area (Å²) in [7, 11) is 2.98. The third kappa shape index (κ3) is 5.65. The van der Waals surface area contributed by atoms with Gasteiger partial charge in [0.1, 0.15) is 12.6 Å². The Bertz CT molecular complexity index is 1290. The molecular formula is C26H31N5O5. The molecule has 1 aromatic heterocycles. The molecule has 0 aliphatic carbocycles. The third-order valence-electron chi connectivity index (χ3n) is 6.32. The van der Waals surface area contributed by atoms with Gasteiger partial charge in [0.05, 0.1) is 31.4 Å². The first-order valence-corrected chi connectivity index (χ1v) is 11.8. The number of nitrogens with one attached hydrogen (secondary N) is 1. The number of amides is 2. The summed E-state index contributed by atoms with van der Waals surface area (Å²) < 4.78 is 11.7. The molecule has 4 rings (SSSR count). The van der Waals surface area contributed by atoms with Gasteiger partial charge in [0.15, 0.2) is 11.5 Å². The molecule has 1 saturated heterocycles. The molecule has 10 heteroatoms. The molecule has 1 fully saturated rings. The van der Waals surface area contributed by atoms with E-state index in [0.717, 1.165) is 19.6 Å². The molecule has 36 heavy (non-hydrogen) atoms. The molecule has 2 amide bonds. The SMILES string of the molecule is COc1cc2ncn(CC(=O)NC(C)C(=O)N3CCN(Cc4ccccc4)CC3)c(=O)c2cc1OC. The van der Waals surface area contributed by atoms with Crippen LogP contribution in [-0.4, -0.2) is 77.6 Å². The minimum atomic E-state index is -0.702. The Labute approximate surface area is 209 Å². The number of carbonyl (C=O) groups excluding carboxylic acids is 2. The van der Waals surface area contributed by atoms with Gasteiger partial charge in [0.25, 0.3) is 5.56 Å². The zero-order chi connectivity index (χ0) is 25.7. The van der Waals surface area contributed by atoms with Crippen LogP contribution in [0.5, 0.6) is 11.5 Å². The van der Waals surface area contributed by atoms with Crippen LogP contribution in [0.15, 0.2) is 53.6 Å². The molecule has 10 nitrogen and oxygen atoms in total. The number of benzene rings is 2. The fraction of sp³-hybridized carbons (Fsp3) is 0.385. The maximum atomic E-state index is 12.9. The Kier molecular flexibility index (Phi) is 7.84. The Hall–Kier alpha value is -3.92. The monoisotopic (exact) mass is 493 g/mol. The van der Waals surface area contributed by atoms with E-state index < -0.39 is 11.9 Å². The summed E-state index contributed by atoms with van der Waals surface area (Å²) in [5.41, 5.74) is 1.29. The molecule has 2 aromatic carbocycles. The van der Waals surface area contributed by atoms with E-state index in [1.807, 2.05) is 18.2 Å². The van der Waals surface area contributed by atoms with Gasteiger partial charge in [0.2, 0.25) is 11.8 Å². The van der Waals surface area contributed by atoms with Crippen LogP contribution in [0.4, 0.5) is 0 Å². The van der Waals surface area contributed by atoms with Crippen molar-refractivity contribution >= 4 is 22.7 Å². The lowest BCUT2D eigenvalue weighted by molar-refractivity contribution is -0.137. The fourth-order valence-electron chi connectivity index (χ4n) is 4.34. The summed E-state index contributed by atoms with van der Waals surface area (Å²) in [5.74, 6) is 0.278. The maximum absolute atomic E-state index is 12.9. The molecule has 0 radical (unpaired) electrons. The standard InChI is InChI=1S/C26H31N5O5/c1-18(25(33)30-11-9-29(10-12-30)15-19-7-5-4-6-8-19)28-24(32)16-31-17-27-21-14-23(36-3)22(35-2)13-20(21)26(31)34/h4-8,13-14,17-18H,9-12,15-16H2,1-3H3,(H,28,32). The molecule has 0 spiro atoms. The smallest absolute Gasteiger partial charge is 0.261 e. The van der Waals surface area contributed by atoms with Crippen molar-refractivity contribution in [3.05, 3.63) is 64.7 Å². The van der Waals surface area contributed by atoms with E-state index in [0.29, 0.717) is 35.5 Å². The van der Waals surface area contributed by atoms with E-state index in [-0.39, 0.29) is 18.0 Å². The van der Waals surface area contributed by atoms with Gasteiger partial charge in [-0.15, -0.1) is 0 Å². The van der Waals surface area contributed by atoms with Crippen molar-refractivity contribution in [3.63, 3.8) is 0 Å². The maximum Gasteiger partial charge on any atom is 0.261 e. The lowest BCUT2D eigenvalue weighted by Gasteiger charge is -2.36. The first-order valence-electron chi connectivity index (χ1n) is 11.8. The lowest BCUT2D eigenvalue weighted by Crippen LogP contribution is -2.54. The Morgan fingerprint density at radius 1 is 1.03 bits per heavy atom. The van der Waals surface area contributed by atoms with Gasteiger partial charge in [-0.2, -0.15) is 0 Å². The summed E-state index contributed by atoms with van der Waals surface area (Å²) >= 11 is 0. The minimum absolute atomic E-state index is 0.136. The number of piperazine rings is 1. The second-order valence-corrected chi connectivity index (χ2v) is 8.78. The first kappa shape index (κ1) is 25.2. The highest BCUT2D eigenvalue weighted by Gasteiger charge is 2.26. The van der Waals surface area contributed by atoms with E-state index in [1.165, 1.54) is 30.7 Å². The molecule has 1 aliphatic heterocycles.